The van der Waals surface area contributed by atoms with Gasteiger partial charge < -0.3 is 10.4 Å². The van der Waals surface area contributed by atoms with E-state index in [0.717, 1.165) is 11.6 Å². The number of hydrogen-bond donors (Lipinski definition) is 2. The van der Waals surface area contributed by atoms with Crippen LogP contribution in [-0.2, 0) is 6.54 Å². The molecule has 0 fully saturated rings. The molecule has 2 aromatic rings. The van der Waals surface area contributed by atoms with Gasteiger partial charge in [0.05, 0.1) is 11.0 Å². The highest BCUT2D eigenvalue weighted by Crippen LogP contribution is 2.24. The van der Waals surface area contributed by atoms with Gasteiger partial charge in [0, 0.05) is 23.9 Å². The van der Waals surface area contributed by atoms with E-state index in [1.54, 1.807) is 25.1 Å². The Morgan fingerprint density at radius 2 is 2.10 bits per heavy atom. The lowest BCUT2D eigenvalue weighted by Gasteiger charge is -2.09. The van der Waals surface area contributed by atoms with Gasteiger partial charge in [-0.1, -0.05) is 18.2 Å². The largest absolute Gasteiger partial charge is 0.507 e. The second kappa shape index (κ2) is 5.56. The molecule has 5 nitrogen and oxygen atoms in total. The van der Waals surface area contributed by atoms with Crippen LogP contribution >= 0.6 is 0 Å². The number of phenols is 1. The highest BCUT2D eigenvalue weighted by atomic mass is 19.1. The van der Waals surface area contributed by atoms with Gasteiger partial charge in [-0.05, 0) is 18.6 Å². The number of nitrogens with one attached hydrogen (secondary N) is 1. The minimum absolute atomic E-state index is 0.158. The zero-order valence-electron chi connectivity index (χ0n) is 10.8. The van der Waals surface area contributed by atoms with E-state index >= 15 is 0 Å². The summed E-state index contributed by atoms with van der Waals surface area (Å²) in [5.41, 5.74) is 1.34. The van der Waals surface area contributed by atoms with Crippen LogP contribution in [0.25, 0.3) is 0 Å². The summed E-state index contributed by atoms with van der Waals surface area (Å²) >= 11 is 0. The average Bonchev–Trinajstić information content (AvgIpc) is 2.40. The second-order valence-electron chi connectivity index (χ2n) is 4.39. The lowest BCUT2D eigenvalue weighted by atomic mass is 10.1. The number of nitro benzene ring substituents is 1. The van der Waals surface area contributed by atoms with E-state index in [1.807, 2.05) is 0 Å². The van der Waals surface area contributed by atoms with Gasteiger partial charge in [0.25, 0.3) is 5.69 Å². The fraction of sp³-hybridized carbons (Fsp3) is 0.143. The molecule has 2 N–H and O–H groups in total. The molecule has 6 heteroatoms. The van der Waals surface area contributed by atoms with Gasteiger partial charge in [-0.2, -0.15) is 0 Å². The van der Waals surface area contributed by atoms with Crippen molar-refractivity contribution in [2.45, 2.75) is 13.5 Å². The van der Waals surface area contributed by atoms with Crippen molar-refractivity contribution in [3.63, 3.8) is 0 Å². The quantitative estimate of drug-likeness (QED) is 0.663. The molecule has 0 aliphatic carbocycles. The van der Waals surface area contributed by atoms with Gasteiger partial charge in [0.2, 0.25) is 0 Å². The van der Waals surface area contributed by atoms with Crippen LogP contribution in [0.5, 0.6) is 5.75 Å². The summed E-state index contributed by atoms with van der Waals surface area (Å²) in [5, 5.41) is 23.4. The third-order valence-electron chi connectivity index (χ3n) is 2.90. The highest BCUT2D eigenvalue weighted by Gasteiger charge is 2.10. The molecule has 0 aliphatic heterocycles. The number of rotatable bonds is 4. The molecule has 0 spiro atoms. The molecule has 0 saturated carbocycles. The van der Waals surface area contributed by atoms with Crippen molar-refractivity contribution in [2.24, 2.45) is 0 Å². The molecule has 0 amide bonds. The molecular formula is C14H13FN2O3. The molecule has 0 unspecified atom stereocenters. The van der Waals surface area contributed by atoms with Crippen LogP contribution < -0.4 is 5.32 Å². The third kappa shape index (κ3) is 3.03. The smallest absolute Gasteiger partial charge is 0.274 e. The van der Waals surface area contributed by atoms with Gasteiger partial charge in [0.15, 0.2) is 0 Å². The molecule has 2 rings (SSSR count). The van der Waals surface area contributed by atoms with Crippen LogP contribution in [0.1, 0.15) is 11.1 Å². The molecular weight excluding hydrogens is 263 g/mol. The van der Waals surface area contributed by atoms with Crippen molar-refractivity contribution in [1.82, 2.24) is 0 Å². The fourth-order valence-electron chi connectivity index (χ4n) is 1.84. The number of nitro groups is 1. The summed E-state index contributed by atoms with van der Waals surface area (Å²) in [7, 11) is 0. The lowest BCUT2D eigenvalue weighted by Crippen LogP contribution is -2.01. The highest BCUT2D eigenvalue weighted by molar-refractivity contribution is 5.52. The minimum atomic E-state index is -0.685. The number of aromatic hydroxyl groups is 1. The minimum Gasteiger partial charge on any atom is -0.507 e. The molecule has 0 aromatic heterocycles. The Morgan fingerprint density at radius 3 is 2.80 bits per heavy atom. The van der Waals surface area contributed by atoms with Gasteiger partial charge in [-0.15, -0.1) is 0 Å². The first-order valence-corrected chi connectivity index (χ1v) is 5.93. The Hall–Kier alpha value is -2.63. The molecule has 0 bridgehead atoms. The molecule has 20 heavy (non-hydrogen) atoms. The molecule has 0 saturated heterocycles. The van der Waals surface area contributed by atoms with Crippen LogP contribution in [0, 0.1) is 22.9 Å². The first kappa shape index (κ1) is 13.8. The number of nitrogens with zero attached hydrogens (tertiary/aromatic N) is 1. The average molecular weight is 276 g/mol. The van der Waals surface area contributed by atoms with Crippen LogP contribution in [0.3, 0.4) is 0 Å². The number of anilines is 1. The molecule has 2 aromatic carbocycles. The topological polar surface area (TPSA) is 75.4 Å². The predicted octanol–water partition coefficient (Wildman–Crippen LogP) is 3.36. The van der Waals surface area contributed by atoms with Crippen LogP contribution in [0.15, 0.2) is 36.4 Å². The van der Waals surface area contributed by atoms with Crippen LogP contribution in [-0.4, -0.2) is 10.0 Å². The SMILES string of the molecule is Cc1cccc(CNc2cc(F)cc([N+](=O)[O-])c2)c1O. The van der Waals surface area contributed by atoms with Crippen LogP contribution in [0.4, 0.5) is 15.8 Å². The summed E-state index contributed by atoms with van der Waals surface area (Å²) in [6.07, 6.45) is 0. The maximum absolute atomic E-state index is 13.3. The Kier molecular flexibility index (Phi) is 3.84. The predicted molar refractivity (Wildman–Crippen MR) is 73.2 cm³/mol. The van der Waals surface area contributed by atoms with E-state index in [0.29, 0.717) is 5.56 Å². The summed E-state index contributed by atoms with van der Waals surface area (Å²) in [5.74, 6) is -0.527. The lowest BCUT2D eigenvalue weighted by molar-refractivity contribution is -0.385. The van der Waals surface area contributed by atoms with E-state index in [1.165, 1.54) is 12.1 Å². The summed E-state index contributed by atoms with van der Waals surface area (Å²) < 4.78 is 13.3. The summed E-state index contributed by atoms with van der Waals surface area (Å²) in [6, 6.07) is 8.56. The molecule has 0 radical (unpaired) electrons. The first-order valence-electron chi connectivity index (χ1n) is 5.93. The maximum Gasteiger partial charge on any atom is 0.274 e. The Balaban J connectivity index is 2.19. The van der Waals surface area contributed by atoms with E-state index in [-0.39, 0.29) is 23.7 Å². The summed E-state index contributed by atoms with van der Waals surface area (Å²) in [6.45, 7) is 2.01. The van der Waals surface area contributed by atoms with Crippen LogP contribution in [0.2, 0.25) is 0 Å². The van der Waals surface area contributed by atoms with Crippen molar-refractivity contribution in [3.8, 4) is 5.75 Å². The van der Waals surface area contributed by atoms with Gasteiger partial charge in [-0.25, -0.2) is 4.39 Å². The van der Waals surface area contributed by atoms with Crippen molar-refractivity contribution in [3.05, 3.63) is 63.5 Å². The molecule has 0 heterocycles. The van der Waals surface area contributed by atoms with Crippen molar-refractivity contribution in [1.29, 1.82) is 0 Å². The Labute approximate surface area is 114 Å². The number of para-hydroxylation sites is 1. The number of phenolic OH excluding ortho intramolecular Hbond substituents is 1. The van der Waals surface area contributed by atoms with E-state index in [2.05, 4.69) is 5.32 Å². The third-order valence-corrected chi connectivity index (χ3v) is 2.90. The first-order chi connectivity index (χ1) is 9.47. The van der Waals surface area contributed by atoms with Crippen molar-refractivity contribution in [2.75, 3.05) is 5.32 Å². The zero-order valence-corrected chi connectivity index (χ0v) is 10.8. The van der Waals surface area contributed by atoms with Gasteiger partial charge >= 0.3 is 0 Å². The van der Waals surface area contributed by atoms with Gasteiger partial charge in [0.1, 0.15) is 11.6 Å². The zero-order chi connectivity index (χ0) is 14.7. The molecule has 0 atom stereocenters. The maximum atomic E-state index is 13.3. The van der Waals surface area contributed by atoms with Crippen molar-refractivity contribution < 1.29 is 14.4 Å². The Bertz CT molecular complexity index is 659. The van der Waals surface area contributed by atoms with E-state index in [4.69, 9.17) is 0 Å². The van der Waals surface area contributed by atoms with Crippen molar-refractivity contribution >= 4 is 11.4 Å². The summed E-state index contributed by atoms with van der Waals surface area (Å²) in [4.78, 5) is 10.00. The number of hydrogen-bond acceptors (Lipinski definition) is 4. The normalized spacial score (nSPS) is 10.3. The number of halogens is 1. The standard InChI is InChI=1S/C14H13FN2O3/c1-9-3-2-4-10(14(9)18)8-16-12-5-11(15)6-13(7-12)17(19)20/h2-7,16,18H,8H2,1H3. The molecule has 104 valence electrons. The number of non-ortho nitro benzene ring substituents is 1. The molecule has 0 aliphatic rings. The van der Waals surface area contributed by atoms with Gasteiger partial charge in [-0.3, -0.25) is 10.1 Å². The van der Waals surface area contributed by atoms with E-state index < -0.39 is 10.7 Å². The number of benzene rings is 2. The van der Waals surface area contributed by atoms with E-state index in [9.17, 15) is 19.6 Å². The number of aryl methyl sites for hydroxylation is 1. The fourth-order valence-corrected chi connectivity index (χ4v) is 1.84. The Morgan fingerprint density at radius 1 is 1.35 bits per heavy atom. The second-order valence-corrected chi connectivity index (χ2v) is 4.39. The monoisotopic (exact) mass is 276 g/mol.